The van der Waals surface area contributed by atoms with E-state index in [1.807, 2.05) is 22.6 Å². The molecule has 17 heteroatoms. The van der Waals surface area contributed by atoms with Crippen LogP contribution in [0.2, 0.25) is 0 Å². The Kier molecular flexibility index (Phi) is 13.7. The molecule has 2 aliphatic rings. The smallest absolute Gasteiger partial charge is 0.305 e. The summed E-state index contributed by atoms with van der Waals surface area (Å²) in [6.45, 7) is 5.11. The van der Waals surface area contributed by atoms with Gasteiger partial charge in [-0.15, -0.1) is 0 Å². The van der Waals surface area contributed by atoms with Gasteiger partial charge in [0.05, 0.1) is 6.61 Å². The van der Waals surface area contributed by atoms with E-state index in [0.29, 0.717) is 5.56 Å². The Bertz CT molecular complexity index is 1260. The Hall–Kier alpha value is -3.39. The van der Waals surface area contributed by atoms with Crippen molar-refractivity contribution in [3.05, 3.63) is 35.9 Å². The number of alkyl halides is 1. The maximum Gasteiger partial charge on any atom is 0.305 e. The summed E-state index contributed by atoms with van der Waals surface area (Å²) >= 11 is 1.85. The van der Waals surface area contributed by atoms with Crippen LogP contribution in [-0.4, -0.2) is 102 Å². The van der Waals surface area contributed by atoms with E-state index in [1.165, 1.54) is 0 Å². The lowest BCUT2D eigenvalue weighted by Crippen LogP contribution is -2.67. The van der Waals surface area contributed by atoms with Crippen LogP contribution in [0.5, 0.6) is 0 Å². The third-order valence-corrected chi connectivity index (χ3v) is 7.86. The number of nitrogens with two attached hydrogens (primary N) is 1. The highest BCUT2D eigenvalue weighted by Crippen LogP contribution is 2.37. The Balaban J connectivity index is 2.06. The van der Waals surface area contributed by atoms with Crippen molar-refractivity contribution >= 4 is 58.3 Å². The third kappa shape index (κ3) is 10.3. The monoisotopic (exact) mass is 765 g/mol. The molecule has 1 aromatic carbocycles. The first-order valence-electron chi connectivity index (χ1n) is 14.1. The molecule has 2 aliphatic heterocycles. The lowest BCUT2D eigenvalue weighted by atomic mass is 9.96. The number of esters is 5. The van der Waals surface area contributed by atoms with Crippen LogP contribution in [0.25, 0.3) is 0 Å². The number of halogens is 1. The van der Waals surface area contributed by atoms with Gasteiger partial charge in [-0.05, 0) is 5.56 Å². The van der Waals surface area contributed by atoms with Crippen LogP contribution in [-0.2, 0) is 78.0 Å². The van der Waals surface area contributed by atoms with E-state index >= 15 is 0 Å². The molecule has 1 aromatic rings. The van der Waals surface area contributed by atoms with Gasteiger partial charge in [0, 0.05) is 34.6 Å². The first-order valence-corrected chi connectivity index (χ1v) is 15.3. The summed E-state index contributed by atoms with van der Waals surface area (Å²) < 4.78 is 50.1. The third-order valence-electron chi connectivity index (χ3n) is 6.56. The van der Waals surface area contributed by atoms with Crippen LogP contribution in [0.4, 0.5) is 0 Å². The molecule has 254 valence electrons. The molecule has 0 bridgehead atoms. The molecular weight excluding hydrogens is 729 g/mol. The van der Waals surface area contributed by atoms with E-state index in [9.17, 15) is 28.8 Å². The Morgan fingerprint density at radius 1 is 0.696 bits per heavy atom. The van der Waals surface area contributed by atoms with Crippen LogP contribution >= 0.6 is 22.6 Å². The fourth-order valence-corrected chi connectivity index (χ4v) is 5.74. The van der Waals surface area contributed by atoms with Crippen molar-refractivity contribution < 1.29 is 71.4 Å². The molecule has 0 saturated carbocycles. The van der Waals surface area contributed by atoms with E-state index in [0.717, 1.165) is 34.6 Å². The average Bonchev–Trinajstić information content (AvgIpc) is 2.95. The molecule has 1 amide bonds. The Morgan fingerprint density at radius 3 is 1.80 bits per heavy atom. The lowest BCUT2D eigenvalue weighted by Gasteiger charge is -2.48. The predicted octanol–water partition coefficient (Wildman–Crippen LogP) is 0.617. The van der Waals surface area contributed by atoms with Crippen LogP contribution in [0.1, 0.15) is 40.2 Å². The molecule has 0 spiro atoms. The van der Waals surface area contributed by atoms with Crippen molar-refractivity contribution in [2.45, 2.75) is 100 Å². The summed E-state index contributed by atoms with van der Waals surface area (Å²) in [6, 6.07) is 8.84. The highest BCUT2D eigenvalue weighted by atomic mass is 127. The van der Waals surface area contributed by atoms with Crippen molar-refractivity contribution in [2.24, 2.45) is 5.73 Å². The van der Waals surface area contributed by atoms with Crippen molar-refractivity contribution in [1.29, 1.82) is 0 Å². The summed E-state index contributed by atoms with van der Waals surface area (Å²) in [4.78, 5) is 72.7. The van der Waals surface area contributed by atoms with Crippen LogP contribution in [0.15, 0.2) is 30.3 Å². The van der Waals surface area contributed by atoms with Crippen molar-refractivity contribution in [3.63, 3.8) is 0 Å². The van der Waals surface area contributed by atoms with E-state index in [4.69, 9.17) is 48.4 Å². The van der Waals surface area contributed by atoms with Crippen LogP contribution in [0.3, 0.4) is 0 Å². The molecule has 2 fully saturated rings. The van der Waals surface area contributed by atoms with E-state index < -0.39 is 102 Å². The SMILES string of the molecule is CC(=O)OC[C@H]1O[C@H](O[C@H]2[C@H](OCc3ccccc3)[C@@H](OC(C)=O)[C@@H](OC(C)=O)O[C@H]2C(N)=O)[C@@H](I)[C@@H](OC(C)=O)[C@@H]1OC(C)=O. The number of primary amides is 1. The zero-order valence-electron chi connectivity index (χ0n) is 25.7. The Labute approximate surface area is 277 Å². The van der Waals surface area contributed by atoms with Crippen LogP contribution in [0, 0.1) is 0 Å². The highest BCUT2D eigenvalue weighted by Gasteiger charge is 2.56. The number of amides is 1. The number of hydrogen-bond donors (Lipinski definition) is 1. The molecule has 2 heterocycles. The average molecular weight is 766 g/mol. The molecule has 0 radical (unpaired) electrons. The molecule has 2 N–H and O–H groups in total. The first-order chi connectivity index (χ1) is 21.7. The largest absolute Gasteiger partial charge is 0.463 e. The summed E-state index contributed by atoms with van der Waals surface area (Å²) in [5.74, 6) is -4.79. The second-order valence-electron chi connectivity index (χ2n) is 10.3. The zero-order chi connectivity index (χ0) is 34.1. The van der Waals surface area contributed by atoms with Gasteiger partial charge in [-0.25, -0.2) is 0 Å². The van der Waals surface area contributed by atoms with Crippen molar-refractivity contribution in [1.82, 2.24) is 0 Å². The minimum Gasteiger partial charge on any atom is -0.463 e. The number of carbonyl (C=O) groups is 6. The van der Waals surface area contributed by atoms with Gasteiger partial charge in [-0.1, -0.05) is 52.9 Å². The maximum absolute atomic E-state index is 12.8. The summed E-state index contributed by atoms with van der Waals surface area (Å²) in [5.41, 5.74) is 6.40. The number of carbonyl (C=O) groups excluding carboxylic acids is 6. The van der Waals surface area contributed by atoms with Gasteiger partial charge in [0.15, 0.2) is 30.7 Å². The topological polar surface area (TPSA) is 212 Å². The minimum absolute atomic E-state index is 0.0831. The highest BCUT2D eigenvalue weighted by molar-refractivity contribution is 14.1. The number of rotatable bonds is 12. The lowest BCUT2D eigenvalue weighted by molar-refractivity contribution is -0.334. The zero-order valence-corrected chi connectivity index (χ0v) is 27.8. The summed E-state index contributed by atoms with van der Waals surface area (Å²) in [6.07, 6.45) is -12.6. The fraction of sp³-hybridized carbons (Fsp3) is 0.586. The molecule has 0 aromatic heterocycles. The van der Waals surface area contributed by atoms with Gasteiger partial charge < -0.3 is 48.4 Å². The summed E-state index contributed by atoms with van der Waals surface area (Å²) in [7, 11) is 0. The molecule has 10 atom stereocenters. The first kappa shape index (κ1) is 37.1. The van der Waals surface area contributed by atoms with E-state index in [-0.39, 0.29) is 6.61 Å². The van der Waals surface area contributed by atoms with Gasteiger partial charge in [0.25, 0.3) is 0 Å². The van der Waals surface area contributed by atoms with E-state index in [2.05, 4.69) is 0 Å². The van der Waals surface area contributed by atoms with E-state index in [1.54, 1.807) is 30.3 Å². The molecule has 3 rings (SSSR count). The summed E-state index contributed by atoms with van der Waals surface area (Å²) in [5, 5.41) is 0. The van der Waals surface area contributed by atoms with Gasteiger partial charge in [-0.2, -0.15) is 0 Å². The van der Waals surface area contributed by atoms with Gasteiger partial charge in [0.2, 0.25) is 12.2 Å². The predicted molar refractivity (Wildman–Crippen MR) is 159 cm³/mol. The number of benzene rings is 1. The minimum atomic E-state index is -1.66. The maximum atomic E-state index is 12.8. The second-order valence-corrected chi connectivity index (χ2v) is 11.7. The van der Waals surface area contributed by atoms with Gasteiger partial charge in [-0.3, -0.25) is 28.8 Å². The molecule has 0 aliphatic carbocycles. The molecule has 0 unspecified atom stereocenters. The molecule has 2 saturated heterocycles. The molecule has 46 heavy (non-hydrogen) atoms. The quantitative estimate of drug-likeness (QED) is 0.134. The fourth-order valence-electron chi connectivity index (χ4n) is 4.85. The van der Waals surface area contributed by atoms with Crippen molar-refractivity contribution in [3.8, 4) is 0 Å². The number of hydrogen-bond acceptors (Lipinski definition) is 15. The van der Waals surface area contributed by atoms with Crippen molar-refractivity contribution in [2.75, 3.05) is 6.61 Å². The molecule has 16 nitrogen and oxygen atoms in total. The number of ether oxygens (including phenoxy) is 9. The van der Waals surface area contributed by atoms with Crippen LogP contribution < -0.4 is 5.73 Å². The normalized spacial score (nSPS) is 30.7. The van der Waals surface area contributed by atoms with Gasteiger partial charge >= 0.3 is 29.8 Å². The standard InChI is InChI=1S/C29H36INO15/c1-13(32)38-12-19-21(40-14(2)33)22(41-15(3)34)20(30)28(44-19)45-24-23(39-11-18-9-7-6-8-10-18)26(42-16(4)35)29(43-17(5)36)46-25(24)27(31)37/h6-10,19-26,28-29H,11-12H2,1-5H3,(H2,31,37)/t19-,20+,21-,22-,23+,24+,25-,26-,28-,29+/m1/s1. The molecular formula is C29H36INO15. The second kappa shape index (κ2) is 17.0. The van der Waals surface area contributed by atoms with Gasteiger partial charge in [0.1, 0.15) is 28.8 Å². The Morgan fingerprint density at radius 2 is 1.26 bits per heavy atom.